The Labute approximate surface area is 175 Å². The molecule has 0 fully saturated rings. The molecule has 30 heavy (non-hydrogen) atoms. The maximum Gasteiger partial charge on any atom is 0.269 e. The molecule has 4 rings (SSSR count). The number of fused-ring (bicyclic) bond motifs is 1. The summed E-state index contributed by atoms with van der Waals surface area (Å²) in [6, 6.07) is 15.9. The number of rotatable bonds is 3. The molecule has 9 heteroatoms. The average molecular weight is 445 g/mol. The summed E-state index contributed by atoms with van der Waals surface area (Å²) in [7, 11) is -8.37. The fraction of sp³-hybridized carbons (Fsp3) is 0.190. The minimum absolute atomic E-state index is 0.0163. The van der Waals surface area contributed by atoms with E-state index in [4.69, 9.17) is 0 Å². The van der Waals surface area contributed by atoms with Gasteiger partial charge in [0, 0.05) is 11.5 Å². The monoisotopic (exact) mass is 444 g/mol. The number of carbonyl (C=O) groups is 1. The Hall–Kier alpha value is -2.91. The lowest BCUT2D eigenvalue weighted by Crippen LogP contribution is -2.45. The Bertz CT molecular complexity index is 1410. The first kappa shape index (κ1) is 20.4. The molecular formula is C21H20N2O5S2. The number of para-hydroxylation sites is 1. The molecule has 0 N–H and O–H groups in total. The van der Waals surface area contributed by atoms with Gasteiger partial charge in [0.05, 0.1) is 21.6 Å². The third-order valence-electron chi connectivity index (χ3n) is 4.78. The Balaban J connectivity index is 2.05. The lowest BCUT2D eigenvalue weighted by Gasteiger charge is -2.30. The topological polar surface area (TPSA) is 93.5 Å². The van der Waals surface area contributed by atoms with Gasteiger partial charge in [-0.3, -0.25) is 4.79 Å². The van der Waals surface area contributed by atoms with E-state index in [-0.39, 0.29) is 15.5 Å². The van der Waals surface area contributed by atoms with Gasteiger partial charge >= 0.3 is 0 Å². The van der Waals surface area contributed by atoms with Gasteiger partial charge in [-0.1, -0.05) is 36.4 Å². The predicted octanol–water partition coefficient (Wildman–Crippen LogP) is 3.19. The average Bonchev–Trinajstić information content (AvgIpc) is 3.16. The van der Waals surface area contributed by atoms with Crippen LogP contribution in [0.4, 0.5) is 0 Å². The summed E-state index contributed by atoms with van der Waals surface area (Å²) in [4.78, 5) is 12.3. The standard InChI is InChI=1S/C21H20N2O5S2/c1-21(2,3)23-20(24)14-19(30(23,27)28)18-13-15-9-7-8-12-17(15)22(18)29(25,26)16-10-5-4-6-11-16/h4-14H,1-3H3. The van der Waals surface area contributed by atoms with Gasteiger partial charge in [-0.25, -0.2) is 25.1 Å². The molecule has 2 aromatic carbocycles. The van der Waals surface area contributed by atoms with Crippen LogP contribution in [0.1, 0.15) is 26.5 Å². The summed E-state index contributed by atoms with van der Waals surface area (Å²) in [5.74, 6) is -0.702. The lowest BCUT2D eigenvalue weighted by molar-refractivity contribution is -0.123. The van der Waals surface area contributed by atoms with E-state index in [0.29, 0.717) is 10.9 Å². The van der Waals surface area contributed by atoms with Crippen LogP contribution in [-0.4, -0.2) is 36.6 Å². The Morgan fingerprint density at radius 1 is 0.900 bits per heavy atom. The van der Waals surface area contributed by atoms with Crippen molar-refractivity contribution in [3.8, 4) is 0 Å². The maximum atomic E-state index is 13.5. The van der Waals surface area contributed by atoms with Gasteiger partial charge in [0.2, 0.25) is 0 Å². The van der Waals surface area contributed by atoms with Gasteiger partial charge in [-0.05, 0) is 45.0 Å². The molecule has 1 aliphatic rings. The summed E-state index contributed by atoms with van der Waals surface area (Å²) < 4.78 is 55.3. The van der Waals surface area contributed by atoms with Crippen molar-refractivity contribution in [2.24, 2.45) is 0 Å². The number of amides is 1. The first-order chi connectivity index (χ1) is 14.0. The van der Waals surface area contributed by atoms with Crippen molar-refractivity contribution in [2.45, 2.75) is 31.2 Å². The molecule has 3 aromatic rings. The number of hydrogen-bond acceptors (Lipinski definition) is 5. The Morgan fingerprint density at radius 2 is 1.50 bits per heavy atom. The molecule has 0 spiro atoms. The molecule has 2 heterocycles. The molecule has 1 amide bonds. The summed E-state index contributed by atoms with van der Waals surface area (Å²) in [6.07, 6.45) is 0.992. The molecule has 7 nitrogen and oxygen atoms in total. The second-order valence-corrected chi connectivity index (χ2v) is 11.5. The third kappa shape index (κ3) is 2.96. The molecule has 0 radical (unpaired) electrons. The van der Waals surface area contributed by atoms with Gasteiger partial charge in [0.15, 0.2) is 0 Å². The predicted molar refractivity (Wildman–Crippen MR) is 114 cm³/mol. The first-order valence-electron chi connectivity index (χ1n) is 9.18. The smallest absolute Gasteiger partial charge is 0.269 e. The zero-order valence-electron chi connectivity index (χ0n) is 16.6. The van der Waals surface area contributed by atoms with Crippen LogP contribution in [0.15, 0.2) is 71.6 Å². The van der Waals surface area contributed by atoms with E-state index in [9.17, 15) is 21.6 Å². The van der Waals surface area contributed by atoms with E-state index >= 15 is 0 Å². The summed E-state index contributed by atoms with van der Waals surface area (Å²) in [5, 5.41) is 0.546. The Morgan fingerprint density at radius 3 is 2.10 bits per heavy atom. The number of sulfonamides is 1. The van der Waals surface area contributed by atoms with Crippen LogP contribution >= 0.6 is 0 Å². The first-order valence-corrected chi connectivity index (χ1v) is 12.1. The van der Waals surface area contributed by atoms with Crippen molar-refractivity contribution < 1.29 is 21.6 Å². The second-order valence-electron chi connectivity index (χ2n) is 7.96. The van der Waals surface area contributed by atoms with Crippen molar-refractivity contribution in [1.82, 2.24) is 8.28 Å². The lowest BCUT2D eigenvalue weighted by atomic mass is 10.1. The summed E-state index contributed by atoms with van der Waals surface area (Å²) in [5.41, 5.74) is -0.738. The van der Waals surface area contributed by atoms with Crippen LogP contribution in [0.5, 0.6) is 0 Å². The van der Waals surface area contributed by atoms with E-state index in [1.54, 1.807) is 63.2 Å². The van der Waals surface area contributed by atoms with Crippen molar-refractivity contribution in [2.75, 3.05) is 0 Å². The minimum atomic E-state index is -4.24. The highest BCUT2D eigenvalue weighted by Gasteiger charge is 2.46. The molecule has 0 bridgehead atoms. The number of benzene rings is 2. The Kier molecular flexibility index (Phi) is 4.44. The van der Waals surface area contributed by atoms with E-state index in [0.717, 1.165) is 14.4 Å². The fourth-order valence-electron chi connectivity index (χ4n) is 3.62. The molecule has 1 aliphatic heterocycles. The molecule has 156 valence electrons. The zero-order chi connectivity index (χ0) is 21.9. The van der Waals surface area contributed by atoms with Crippen molar-refractivity contribution in [3.63, 3.8) is 0 Å². The zero-order valence-corrected chi connectivity index (χ0v) is 18.2. The normalized spacial score (nSPS) is 16.8. The molecule has 0 saturated heterocycles. The minimum Gasteiger partial charge on any atom is -0.269 e. The fourth-order valence-corrected chi connectivity index (χ4v) is 7.09. The van der Waals surface area contributed by atoms with Crippen LogP contribution in [0, 0.1) is 0 Å². The van der Waals surface area contributed by atoms with Crippen LogP contribution < -0.4 is 0 Å². The maximum absolute atomic E-state index is 13.5. The van der Waals surface area contributed by atoms with Crippen molar-refractivity contribution >= 4 is 41.8 Å². The molecule has 0 saturated carbocycles. The largest absolute Gasteiger partial charge is 0.269 e. The number of aromatic nitrogens is 1. The highest BCUT2D eigenvalue weighted by atomic mass is 32.2. The SMILES string of the molecule is CC(C)(C)N1C(=O)C=C(c2cc3ccccc3n2S(=O)(=O)c2ccccc2)S1(=O)=O. The van der Waals surface area contributed by atoms with Gasteiger partial charge in [-0.2, -0.15) is 0 Å². The van der Waals surface area contributed by atoms with Gasteiger partial charge < -0.3 is 0 Å². The van der Waals surface area contributed by atoms with Crippen LogP contribution in [0.25, 0.3) is 15.8 Å². The second kappa shape index (κ2) is 6.55. The molecule has 0 atom stereocenters. The highest BCUT2D eigenvalue weighted by Crippen LogP contribution is 2.39. The highest BCUT2D eigenvalue weighted by molar-refractivity contribution is 7.99. The number of nitrogens with zero attached hydrogens (tertiary/aromatic N) is 2. The van der Waals surface area contributed by atoms with Gasteiger partial charge in [0.25, 0.3) is 26.0 Å². The third-order valence-corrected chi connectivity index (χ3v) is 8.62. The summed E-state index contributed by atoms with van der Waals surface area (Å²) in [6.45, 7) is 4.82. The van der Waals surface area contributed by atoms with Crippen molar-refractivity contribution in [1.29, 1.82) is 0 Å². The summed E-state index contributed by atoms with van der Waals surface area (Å²) >= 11 is 0. The van der Waals surface area contributed by atoms with E-state index in [1.165, 1.54) is 18.2 Å². The number of hydrogen-bond donors (Lipinski definition) is 0. The molecule has 0 aliphatic carbocycles. The van der Waals surface area contributed by atoms with E-state index in [2.05, 4.69) is 0 Å². The van der Waals surface area contributed by atoms with E-state index in [1.807, 2.05) is 0 Å². The van der Waals surface area contributed by atoms with Gasteiger partial charge in [-0.15, -0.1) is 0 Å². The molecular weight excluding hydrogens is 424 g/mol. The molecule has 0 unspecified atom stereocenters. The van der Waals surface area contributed by atoms with Crippen LogP contribution in [0.2, 0.25) is 0 Å². The number of carbonyl (C=O) groups excluding carboxylic acids is 1. The quantitative estimate of drug-likeness (QED) is 0.618. The molecule has 1 aromatic heterocycles. The van der Waals surface area contributed by atoms with Crippen molar-refractivity contribution in [3.05, 3.63) is 72.4 Å². The van der Waals surface area contributed by atoms with Crippen LogP contribution in [0.3, 0.4) is 0 Å². The van der Waals surface area contributed by atoms with Crippen LogP contribution in [-0.2, 0) is 24.8 Å². The van der Waals surface area contributed by atoms with E-state index < -0.39 is 31.5 Å². The van der Waals surface area contributed by atoms with Gasteiger partial charge in [0.1, 0.15) is 4.91 Å².